The normalized spacial score (nSPS) is 11.2. The van der Waals surface area contributed by atoms with Crippen LogP contribution in [-0.2, 0) is 5.41 Å². The molecule has 1 N–H and O–H groups in total. The van der Waals surface area contributed by atoms with Crippen LogP contribution in [0.25, 0.3) is 12.2 Å². The smallest absolute Gasteiger partial charge is 0.0439 e. The number of hydrogen-bond acceptors (Lipinski definition) is 1. The molecule has 1 nitrogen and oxygen atoms in total. The van der Waals surface area contributed by atoms with Crippen LogP contribution in [0.5, 0.6) is 0 Å². The highest BCUT2D eigenvalue weighted by Crippen LogP contribution is 2.31. The fourth-order valence-corrected chi connectivity index (χ4v) is 1.91. The van der Waals surface area contributed by atoms with Crippen LogP contribution in [0.1, 0.15) is 37.0 Å². The van der Waals surface area contributed by atoms with Crippen molar-refractivity contribution in [2.45, 2.75) is 25.7 Å². The van der Waals surface area contributed by atoms with Gasteiger partial charge in [-0.2, -0.15) is 0 Å². The molecule has 0 unspecified atom stereocenters. The number of rotatable bonds is 5. The minimum Gasteiger partial charge on any atom is -0.396 e. The predicted molar refractivity (Wildman–Crippen MR) is 71.4 cm³/mol. The molecule has 1 heteroatoms. The standard InChI is InChI=1S/C15H20O/c1-5-12-7-8-14(13(6-2)11-12)15(3,4)9-10-16/h5-8,11,16H,1-2,9-10H2,3-4H3. The van der Waals surface area contributed by atoms with E-state index in [9.17, 15) is 0 Å². The molecule has 86 valence electrons. The summed E-state index contributed by atoms with van der Waals surface area (Å²) in [5, 5.41) is 9.09. The zero-order valence-electron chi connectivity index (χ0n) is 10.2. The van der Waals surface area contributed by atoms with Crippen molar-refractivity contribution in [3.8, 4) is 0 Å². The number of hydrogen-bond donors (Lipinski definition) is 1. The molecule has 0 heterocycles. The lowest BCUT2D eigenvalue weighted by molar-refractivity contribution is 0.252. The molecule has 1 rings (SSSR count). The van der Waals surface area contributed by atoms with Crippen molar-refractivity contribution in [2.24, 2.45) is 0 Å². The Hall–Kier alpha value is -1.34. The summed E-state index contributed by atoms with van der Waals surface area (Å²) in [5.41, 5.74) is 3.41. The molecule has 0 aliphatic rings. The Bertz CT molecular complexity index is 388. The van der Waals surface area contributed by atoms with Crippen LogP contribution >= 0.6 is 0 Å². The number of aliphatic hydroxyl groups is 1. The molecule has 0 aliphatic carbocycles. The number of aliphatic hydroxyl groups excluding tert-OH is 1. The Morgan fingerprint density at radius 3 is 2.44 bits per heavy atom. The van der Waals surface area contributed by atoms with Crippen molar-refractivity contribution in [3.63, 3.8) is 0 Å². The largest absolute Gasteiger partial charge is 0.396 e. The first-order chi connectivity index (χ1) is 7.55. The molecule has 0 radical (unpaired) electrons. The van der Waals surface area contributed by atoms with E-state index >= 15 is 0 Å². The second-order valence-electron chi connectivity index (χ2n) is 4.61. The van der Waals surface area contributed by atoms with E-state index < -0.39 is 0 Å². The van der Waals surface area contributed by atoms with Gasteiger partial charge in [-0.1, -0.05) is 51.3 Å². The number of benzene rings is 1. The molecule has 0 amide bonds. The Labute approximate surface area is 98.1 Å². The van der Waals surface area contributed by atoms with Gasteiger partial charge in [0.1, 0.15) is 0 Å². The lowest BCUT2D eigenvalue weighted by Crippen LogP contribution is -2.20. The third-order valence-electron chi connectivity index (χ3n) is 3.00. The second kappa shape index (κ2) is 5.13. The first kappa shape index (κ1) is 12.7. The van der Waals surface area contributed by atoms with Gasteiger partial charge in [0.2, 0.25) is 0 Å². The maximum Gasteiger partial charge on any atom is 0.0439 e. The monoisotopic (exact) mass is 216 g/mol. The topological polar surface area (TPSA) is 20.2 Å². The minimum atomic E-state index is -0.0298. The predicted octanol–water partition coefficient (Wildman–Crippen LogP) is 3.63. The summed E-state index contributed by atoms with van der Waals surface area (Å²) in [5.74, 6) is 0. The summed E-state index contributed by atoms with van der Waals surface area (Å²) in [6, 6.07) is 6.23. The van der Waals surface area contributed by atoms with Crippen molar-refractivity contribution in [1.29, 1.82) is 0 Å². The Morgan fingerprint density at radius 2 is 1.94 bits per heavy atom. The van der Waals surface area contributed by atoms with Gasteiger partial charge in [0.15, 0.2) is 0 Å². The van der Waals surface area contributed by atoms with E-state index in [1.807, 2.05) is 12.2 Å². The molecule has 0 saturated carbocycles. The van der Waals surface area contributed by atoms with Crippen LogP contribution in [0, 0.1) is 0 Å². The Morgan fingerprint density at radius 1 is 1.25 bits per heavy atom. The van der Waals surface area contributed by atoms with E-state index in [1.165, 1.54) is 5.56 Å². The quantitative estimate of drug-likeness (QED) is 0.796. The van der Waals surface area contributed by atoms with E-state index in [4.69, 9.17) is 5.11 Å². The molecule has 0 saturated heterocycles. The maximum absolute atomic E-state index is 9.09. The van der Waals surface area contributed by atoms with Crippen LogP contribution in [0.4, 0.5) is 0 Å². The van der Waals surface area contributed by atoms with E-state index in [0.29, 0.717) is 0 Å². The van der Waals surface area contributed by atoms with E-state index in [0.717, 1.165) is 17.5 Å². The van der Waals surface area contributed by atoms with E-state index in [1.54, 1.807) is 0 Å². The molecule has 0 atom stereocenters. The maximum atomic E-state index is 9.09. The van der Waals surface area contributed by atoms with Gasteiger partial charge in [0, 0.05) is 6.61 Å². The molecular formula is C15H20O. The fraction of sp³-hybridized carbons (Fsp3) is 0.333. The van der Waals surface area contributed by atoms with Gasteiger partial charge in [-0.3, -0.25) is 0 Å². The lowest BCUT2D eigenvalue weighted by atomic mass is 9.79. The Balaban J connectivity index is 3.22. The zero-order chi connectivity index (χ0) is 12.2. The average molecular weight is 216 g/mol. The molecule has 16 heavy (non-hydrogen) atoms. The van der Waals surface area contributed by atoms with Gasteiger partial charge in [-0.15, -0.1) is 0 Å². The van der Waals surface area contributed by atoms with Gasteiger partial charge >= 0.3 is 0 Å². The lowest BCUT2D eigenvalue weighted by Gasteiger charge is -2.26. The highest BCUT2D eigenvalue weighted by molar-refractivity contribution is 5.60. The fourth-order valence-electron chi connectivity index (χ4n) is 1.91. The van der Waals surface area contributed by atoms with Crippen LogP contribution < -0.4 is 0 Å². The zero-order valence-corrected chi connectivity index (χ0v) is 10.2. The minimum absolute atomic E-state index is 0.0298. The highest BCUT2D eigenvalue weighted by Gasteiger charge is 2.22. The van der Waals surface area contributed by atoms with Gasteiger partial charge in [-0.05, 0) is 34.6 Å². The van der Waals surface area contributed by atoms with Gasteiger partial charge in [0.25, 0.3) is 0 Å². The summed E-state index contributed by atoms with van der Waals surface area (Å²) in [4.78, 5) is 0. The summed E-state index contributed by atoms with van der Waals surface area (Å²) in [6.45, 7) is 12.1. The summed E-state index contributed by atoms with van der Waals surface area (Å²) >= 11 is 0. The molecule has 1 aromatic rings. The second-order valence-corrected chi connectivity index (χ2v) is 4.61. The molecule has 0 aromatic heterocycles. The van der Waals surface area contributed by atoms with Gasteiger partial charge in [-0.25, -0.2) is 0 Å². The highest BCUT2D eigenvalue weighted by atomic mass is 16.3. The summed E-state index contributed by atoms with van der Waals surface area (Å²) in [6.07, 6.45) is 4.44. The van der Waals surface area contributed by atoms with Crippen molar-refractivity contribution >= 4 is 12.2 Å². The molecule has 1 aromatic carbocycles. The summed E-state index contributed by atoms with van der Waals surface area (Å²) in [7, 11) is 0. The third-order valence-corrected chi connectivity index (χ3v) is 3.00. The van der Waals surface area contributed by atoms with Crippen molar-refractivity contribution < 1.29 is 5.11 Å². The van der Waals surface area contributed by atoms with Gasteiger partial charge < -0.3 is 5.11 Å². The van der Waals surface area contributed by atoms with Crippen LogP contribution in [0.2, 0.25) is 0 Å². The van der Waals surface area contributed by atoms with Crippen molar-refractivity contribution in [2.75, 3.05) is 6.61 Å². The van der Waals surface area contributed by atoms with Crippen LogP contribution in [-0.4, -0.2) is 11.7 Å². The third kappa shape index (κ3) is 2.61. The van der Waals surface area contributed by atoms with E-state index in [-0.39, 0.29) is 12.0 Å². The molecule has 0 fully saturated rings. The van der Waals surface area contributed by atoms with Crippen LogP contribution in [0.3, 0.4) is 0 Å². The first-order valence-corrected chi connectivity index (χ1v) is 5.55. The molecule has 0 aliphatic heterocycles. The average Bonchev–Trinajstić information content (AvgIpc) is 2.28. The SMILES string of the molecule is C=Cc1ccc(C(C)(C)CCO)c(C=C)c1. The molecule has 0 spiro atoms. The van der Waals surface area contributed by atoms with E-state index in [2.05, 4.69) is 45.2 Å². The van der Waals surface area contributed by atoms with Crippen molar-refractivity contribution in [1.82, 2.24) is 0 Å². The Kier molecular flexibility index (Phi) is 4.08. The summed E-state index contributed by atoms with van der Waals surface area (Å²) < 4.78 is 0. The van der Waals surface area contributed by atoms with Crippen LogP contribution in [0.15, 0.2) is 31.4 Å². The molecule has 0 bridgehead atoms. The first-order valence-electron chi connectivity index (χ1n) is 5.55. The van der Waals surface area contributed by atoms with Gasteiger partial charge in [0.05, 0.1) is 0 Å². The molecular weight excluding hydrogens is 196 g/mol. The van der Waals surface area contributed by atoms with Crippen molar-refractivity contribution in [3.05, 3.63) is 48.0 Å².